The second-order valence-corrected chi connectivity index (χ2v) is 4.47. The number of benzene rings is 1. The summed E-state index contributed by atoms with van der Waals surface area (Å²) in [7, 11) is 2.08. The number of hydrogen-bond donors (Lipinski definition) is 1. The molecule has 0 amide bonds. The van der Waals surface area contributed by atoms with E-state index in [1.165, 1.54) is 11.1 Å². The van der Waals surface area contributed by atoms with Gasteiger partial charge < -0.3 is 10.6 Å². The number of hydrogen-bond acceptors (Lipinski definition) is 2. The first-order valence-corrected chi connectivity index (χ1v) is 5.51. The highest BCUT2D eigenvalue weighted by atomic mass is 32.1. The summed E-state index contributed by atoms with van der Waals surface area (Å²) in [5.74, 6) is 0. The maximum atomic E-state index is 5.46. The number of aryl methyl sites for hydroxylation is 1. The molecule has 3 heteroatoms. The standard InChI is InChI=1S/C12H18N2S/c1-10-4-3-5-11(8-10)9-14(2)7-6-12(13)15/h3-5,8H,6-7,9H2,1-2H3,(H2,13,15). The number of nitrogens with zero attached hydrogens (tertiary/aromatic N) is 1. The Morgan fingerprint density at radius 2 is 2.20 bits per heavy atom. The van der Waals surface area contributed by atoms with E-state index in [1.54, 1.807) is 0 Å². The van der Waals surface area contributed by atoms with Gasteiger partial charge in [-0.3, -0.25) is 0 Å². The molecule has 0 radical (unpaired) electrons. The van der Waals surface area contributed by atoms with E-state index in [1.807, 2.05) is 0 Å². The smallest absolute Gasteiger partial charge is 0.0740 e. The molecular formula is C12H18N2S. The Hall–Kier alpha value is -0.930. The lowest BCUT2D eigenvalue weighted by Crippen LogP contribution is -2.23. The summed E-state index contributed by atoms with van der Waals surface area (Å²) in [4.78, 5) is 2.82. The van der Waals surface area contributed by atoms with E-state index in [4.69, 9.17) is 18.0 Å². The molecule has 15 heavy (non-hydrogen) atoms. The lowest BCUT2D eigenvalue weighted by molar-refractivity contribution is 0.337. The van der Waals surface area contributed by atoms with Crippen molar-refractivity contribution in [2.24, 2.45) is 5.73 Å². The van der Waals surface area contributed by atoms with E-state index < -0.39 is 0 Å². The summed E-state index contributed by atoms with van der Waals surface area (Å²) in [6.45, 7) is 3.98. The van der Waals surface area contributed by atoms with E-state index in [2.05, 4.69) is 43.1 Å². The van der Waals surface area contributed by atoms with Crippen molar-refractivity contribution in [2.45, 2.75) is 19.9 Å². The average molecular weight is 222 g/mol. The molecule has 0 bridgehead atoms. The molecule has 0 fully saturated rings. The van der Waals surface area contributed by atoms with Crippen LogP contribution in [0, 0.1) is 6.92 Å². The number of thiocarbonyl (C=S) groups is 1. The molecule has 0 unspecified atom stereocenters. The fourth-order valence-electron chi connectivity index (χ4n) is 1.50. The molecule has 2 nitrogen and oxygen atoms in total. The van der Waals surface area contributed by atoms with Gasteiger partial charge in [-0.2, -0.15) is 0 Å². The molecule has 0 saturated heterocycles. The molecule has 0 heterocycles. The Balaban J connectivity index is 2.44. The maximum absolute atomic E-state index is 5.46. The SMILES string of the molecule is Cc1cccc(CN(C)CCC(N)=S)c1. The first kappa shape index (κ1) is 12.1. The van der Waals surface area contributed by atoms with Crippen LogP contribution in [0.2, 0.25) is 0 Å². The lowest BCUT2D eigenvalue weighted by Gasteiger charge is -2.16. The van der Waals surface area contributed by atoms with Gasteiger partial charge in [-0.05, 0) is 19.5 Å². The number of nitrogens with two attached hydrogens (primary N) is 1. The number of rotatable bonds is 5. The van der Waals surface area contributed by atoms with Gasteiger partial charge in [0.1, 0.15) is 0 Å². The predicted molar refractivity (Wildman–Crippen MR) is 68.9 cm³/mol. The highest BCUT2D eigenvalue weighted by Crippen LogP contribution is 2.06. The van der Waals surface area contributed by atoms with Crippen molar-refractivity contribution in [1.82, 2.24) is 4.90 Å². The lowest BCUT2D eigenvalue weighted by atomic mass is 10.1. The van der Waals surface area contributed by atoms with Crippen LogP contribution < -0.4 is 5.73 Å². The van der Waals surface area contributed by atoms with E-state index in [9.17, 15) is 0 Å². The van der Waals surface area contributed by atoms with E-state index in [0.717, 1.165) is 19.5 Å². The Morgan fingerprint density at radius 3 is 2.80 bits per heavy atom. The largest absolute Gasteiger partial charge is 0.393 e. The van der Waals surface area contributed by atoms with Crippen LogP contribution in [0.3, 0.4) is 0 Å². The summed E-state index contributed by atoms with van der Waals surface area (Å²) in [6, 6.07) is 8.55. The molecule has 1 aromatic carbocycles. The minimum atomic E-state index is 0.589. The molecule has 0 saturated carbocycles. The van der Waals surface area contributed by atoms with Crippen LogP contribution in [0.5, 0.6) is 0 Å². The molecular weight excluding hydrogens is 204 g/mol. The van der Waals surface area contributed by atoms with Gasteiger partial charge in [-0.1, -0.05) is 42.0 Å². The zero-order chi connectivity index (χ0) is 11.3. The topological polar surface area (TPSA) is 29.3 Å². The van der Waals surface area contributed by atoms with Crippen molar-refractivity contribution < 1.29 is 0 Å². The van der Waals surface area contributed by atoms with Gasteiger partial charge in [-0.25, -0.2) is 0 Å². The second kappa shape index (κ2) is 5.83. The fourth-order valence-corrected chi connectivity index (χ4v) is 1.59. The maximum Gasteiger partial charge on any atom is 0.0740 e. The normalized spacial score (nSPS) is 10.6. The molecule has 0 atom stereocenters. The van der Waals surface area contributed by atoms with Crippen molar-refractivity contribution in [3.63, 3.8) is 0 Å². The third-order valence-corrected chi connectivity index (χ3v) is 2.48. The molecule has 0 aliphatic carbocycles. The van der Waals surface area contributed by atoms with Gasteiger partial charge in [0, 0.05) is 19.5 Å². The molecule has 2 N–H and O–H groups in total. The summed E-state index contributed by atoms with van der Waals surface area (Å²) in [5, 5.41) is 0. The van der Waals surface area contributed by atoms with Crippen LogP contribution in [0.15, 0.2) is 24.3 Å². The van der Waals surface area contributed by atoms with Crippen LogP contribution in [0.1, 0.15) is 17.5 Å². The Labute approximate surface area is 97.1 Å². The van der Waals surface area contributed by atoms with Gasteiger partial charge in [-0.15, -0.1) is 0 Å². The van der Waals surface area contributed by atoms with E-state index in [-0.39, 0.29) is 0 Å². The molecule has 0 aromatic heterocycles. The van der Waals surface area contributed by atoms with Crippen LogP contribution in [-0.2, 0) is 6.54 Å². The second-order valence-electron chi connectivity index (χ2n) is 3.94. The average Bonchev–Trinajstić information content (AvgIpc) is 2.15. The highest BCUT2D eigenvalue weighted by molar-refractivity contribution is 7.80. The Bertz CT molecular complexity index is 336. The third-order valence-electron chi connectivity index (χ3n) is 2.27. The van der Waals surface area contributed by atoms with Crippen molar-refractivity contribution >= 4 is 17.2 Å². The Kier molecular flexibility index (Phi) is 4.72. The predicted octanol–water partition coefficient (Wildman–Crippen LogP) is 2.10. The Morgan fingerprint density at radius 1 is 1.47 bits per heavy atom. The molecule has 0 spiro atoms. The molecule has 0 aliphatic heterocycles. The quantitative estimate of drug-likeness (QED) is 0.774. The zero-order valence-corrected chi connectivity index (χ0v) is 10.2. The van der Waals surface area contributed by atoms with Crippen molar-refractivity contribution in [2.75, 3.05) is 13.6 Å². The summed E-state index contributed by atoms with van der Waals surface area (Å²) < 4.78 is 0. The molecule has 1 aromatic rings. The van der Waals surface area contributed by atoms with Crippen LogP contribution in [-0.4, -0.2) is 23.5 Å². The van der Waals surface area contributed by atoms with Crippen molar-refractivity contribution in [1.29, 1.82) is 0 Å². The fraction of sp³-hybridized carbons (Fsp3) is 0.417. The van der Waals surface area contributed by atoms with Gasteiger partial charge in [0.05, 0.1) is 4.99 Å². The van der Waals surface area contributed by atoms with Gasteiger partial charge in [0.15, 0.2) is 0 Å². The molecule has 0 aliphatic rings. The van der Waals surface area contributed by atoms with Crippen LogP contribution >= 0.6 is 12.2 Å². The van der Waals surface area contributed by atoms with E-state index >= 15 is 0 Å². The molecule has 1 rings (SSSR count). The van der Waals surface area contributed by atoms with Gasteiger partial charge in [0.2, 0.25) is 0 Å². The summed E-state index contributed by atoms with van der Waals surface area (Å²) >= 11 is 4.85. The first-order chi connectivity index (χ1) is 7.08. The first-order valence-electron chi connectivity index (χ1n) is 5.10. The van der Waals surface area contributed by atoms with Crippen LogP contribution in [0.25, 0.3) is 0 Å². The minimum Gasteiger partial charge on any atom is -0.393 e. The van der Waals surface area contributed by atoms with Gasteiger partial charge >= 0.3 is 0 Å². The summed E-state index contributed by atoms with van der Waals surface area (Å²) in [6.07, 6.45) is 0.789. The van der Waals surface area contributed by atoms with Crippen molar-refractivity contribution in [3.05, 3.63) is 35.4 Å². The minimum absolute atomic E-state index is 0.589. The van der Waals surface area contributed by atoms with Crippen molar-refractivity contribution in [3.8, 4) is 0 Å². The van der Waals surface area contributed by atoms with Crippen LogP contribution in [0.4, 0.5) is 0 Å². The third kappa shape index (κ3) is 4.91. The molecule has 82 valence electrons. The summed E-state index contributed by atoms with van der Waals surface area (Å²) in [5.41, 5.74) is 8.10. The monoisotopic (exact) mass is 222 g/mol. The van der Waals surface area contributed by atoms with Gasteiger partial charge in [0.25, 0.3) is 0 Å². The highest BCUT2D eigenvalue weighted by Gasteiger charge is 2.00. The van der Waals surface area contributed by atoms with E-state index in [0.29, 0.717) is 4.99 Å². The zero-order valence-electron chi connectivity index (χ0n) is 9.36.